The number of aromatic nitrogens is 2. The number of aliphatic hydroxyl groups excluding tert-OH is 1. The Balaban J connectivity index is 1.90. The van der Waals surface area contributed by atoms with Crippen molar-refractivity contribution in [3.8, 4) is 0 Å². The van der Waals surface area contributed by atoms with Crippen LogP contribution >= 0.6 is 0 Å². The number of primary amides is 1. The fourth-order valence-electron chi connectivity index (χ4n) is 3.64. The van der Waals surface area contributed by atoms with Crippen molar-refractivity contribution < 1.29 is 19.4 Å². The number of rotatable bonds is 3. The topological polar surface area (TPSA) is 155 Å². The van der Waals surface area contributed by atoms with E-state index in [1.807, 2.05) is 0 Å². The zero-order valence-electron chi connectivity index (χ0n) is 13.2. The van der Waals surface area contributed by atoms with Gasteiger partial charge in [0.25, 0.3) is 0 Å². The summed E-state index contributed by atoms with van der Waals surface area (Å²) in [5.41, 5.74) is 10.1. The van der Waals surface area contributed by atoms with Gasteiger partial charge in [0.05, 0.1) is 18.2 Å². The highest BCUT2D eigenvalue weighted by Crippen LogP contribution is 2.42. The van der Waals surface area contributed by atoms with Crippen LogP contribution < -0.4 is 22.5 Å². The Labute approximate surface area is 137 Å². The number of urea groups is 1. The average Bonchev–Trinajstić information content (AvgIpc) is 2.85. The van der Waals surface area contributed by atoms with Crippen LogP contribution in [0.1, 0.15) is 19.1 Å². The Bertz CT molecular complexity index is 680. The molecule has 0 bridgehead atoms. The van der Waals surface area contributed by atoms with Crippen LogP contribution in [0.5, 0.6) is 0 Å². The van der Waals surface area contributed by atoms with Crippen molar-refractivity contribution in [3.63, 3.8) is 0 Å². The summed E-state index contributed by atoms with van der Waals surface area (Å²) in [4.78, 5) is 27.0. The number of nitrogens with two attached hydrogens (primary N) is 2. The van der Waals surface area contributed by atoms with Crippen molar-refractivity contribution in [1.29, 1.82) is 0 Å². The van der Waals surface area contributed by atoms with E-state index in [4.69, 9.17) is 20.9 Å². The summed E-state index contributed by atoms with van der Waals surface area (Å²) in [6.45, 7) is 0. The van der Waals surface area contributed by atoms with Gasteiger partial charge in [-0.3, -0.25) is 4.57 Å². The first kappa shape index (κ1) is 16.7. The molecule has 0 unspecified atom stereocenters. The third-order valence-electron chi connectivity index (χ3n) is 4.73. The van der Waals surface area contributed by atoms with Crippen molar-refractivity contribution in [1.82, 2.24) is 14.9 Å². The van der Waals surface area contributed by atoms with Crippen molar-refractivity contribution in [2.75, 3.05) is 12.8 Å². The number of aliphatic hydroxyl groups is 1. The van der Waals surface area contributed by atoms with Gasteiger partial charge in [0.2, 0.25) is 0 Å². The zero-order chi connectivity index (χ0) is 17.4. The maximum atomic E-state index is 12.0. The van der Waals surface area contributed by atoms with Crippen LogP contribution in [-0.2, 0) is 9.47 Å². The molecule has 6 N–H and O–H groups in total. The minimum absolute atomic E-state index is 0.0915. The molecule has 0 spiro atoms. The second-order valence-electron chi connectivity index (χ2n) is 6.07. The van der Waals surface area contributed by atoms with Crippen molar-refractivity contribution in [3.05, 3.63) is 22.7 Å². The summed E-state index contributed by atoms with van der Waals surface area (Å²) >= 11 is 0. The van der Waals surface area contributed by atoms with Crippen LogP contribution in [0, 0.1) is 5.92 Å². The summed E-state index contributed by atoms with van der Waals surface area (Å²) in [6.07, 6.45) is 0.0490. The lowest BCUT2D eigenvalue weighted by Crippen LogP contribution is -2.57. The fraction of sp³-hybridized carbons (Fsp3) is 0.643. The molecule has 132 valence electrons. The SMILES string of the molecule is CO[C@@H]1CC[C@H]2[C@@H](O)[C@H](n3ccc(N)nc3=O)O[C@@H]2[C@@H]1NC(N)=O. The van der Waals surface area contributed by atoms with Gasteiger partial charge in [0.15, 0.2) is 6.23 Å². The van der Waals surface area contributed by atoms with Gasteiger partial charge < -0.3 is 31.4 Å². The minimum atomic E-state index is -0.923. The van der Waals surface area contributed by atoms with Gasteiger partial charge in [-0.25, -0.2) is 9.59 Å². The fourth-order valence-corrected chi connectivity index (χ4v) is 3.64. The van der Waals surface area contributed by atoms with Crippen molar-refractivity contribution >= 4 is 11.8 Å². The molecule has 1 aliphatic carbocycles. The second kappa shape index (κ2) is 6.38. The summed E-state index contributed by atoms with van der Waals surface area (Å²) in [5, 5.41) is 13.2. The van der Waals surface area contributed by atoms with Gasteiger partial charge in [-0.1, -0.05) is 0 Å². The van der Waals surface area contributed by atoms with Crippen LogP contribution in [0.4, 0.5) is 10.6 Å². The molecule has 1 aromatic heterocycles. The lowest BCUT2D eigenvalue weighted by molar-refractivity contribution is -0.0783. The average molecular weight is 339 g/mol. The molecule has 2 fully saturated rings. The molecule has 1 saturated heterocycles. The van der Waals surface area contributed by atoms with Crippen molar-refractivity contribution in [2.24, 2.45) is 11.7 Å². The number of carbonyl (C=O) groups excluding carboxylic acids is 1. The summed E-state index contributed by atoms with van der Waals surface area (Å²) in [5.74, 6) is -0.170. The smallest absolute Gasteiger partial charge is 0.351 e. The number of carbonyl (C=O) groups is 1. The molecule has 2 heterocycles. The maximum Gasteiger partial charge on any atom is 0.351 e. The minimum Gasteiger partial charge on any atom is -0.388 e. The van der Waals surface area contributed by atoms with Gasteiger partial charge in [-0.2, -0.15) is 4.98 Å². The molecular formula is C14H21N5O5. The van der Waals surface area contributed by atoms with Gasteiger partial charge >= 0.3 is 11.7 Å². The highest BCUT2D eigenvalue weighted by atomic mass is 16.5. The summed E-state index contributed by atoms with van der Waals surface area (Å²) in [7, 11) is 1.54. The number of anilines is 1. The lowest BCUT2D eigenvalue weighted by Gasteiger charge is -2.38. The number of nitrogen functional groups attached to an aromatic ring is 1. The van der Waals surface area contributed by atoms with E-state index in [2.05, 4.69) is 10.3 Å². The Morgan fingerprint density at radius 2 is 2.29 bits per heavy atom. The standard InChI is InChI=1S/C14H21N5O5/c1-23-7-3-2-6-10(20)12(19-5-4-8(15)17-14(19)22)24-11(6)9(7)18-13(16)21/h4-7,9-12,20H,2-3H2,1H3,(H2,15,17,22)(H3,16,18,21)/t6-,7+,9+,10+,11-,12+/m0/s1. The van der Waals surface area contributed by atoms with Crippen LogP contribution in [0.2, 0.25) is 0 Å². The van der Waals surface area contributed by atoms with E-state index in [9.17, 15) is 14.7 Å². The second-order valence-corrected chi connectivity index (χ2v) is 6.07. The first-order valence-corrected chi connectivity index (χ1v) is 7.69. The monoisotopic (exact) mass is 339 g/mol. The van der Waals surface area contributed by atoms with Gasteiger partial charge in [-0.15, -0.1) is 0 Å². The molecule has 10 heteroatoms. The quantitative estimate of drug-likeness (QED) is 0.525. The third kappa shape index (κ3) is 2.83. The van der Waals surface area contributed by atoms with E-state index in [0.29, 0.717) is 12.8 Å². The first-order chi connectivity index (χ1) is 11.4. The number of methoxy groups -OCH3 is 1. The molecule has 1 saturated carbocycles. The van der Waals surface area contributed by atoms with Crippen LogP contribution in [-0.4, -0.2) is 52.2 Å². The molecule has 24 heavy (non-hydrogen) atoms. The third-order valence-corrected chi connectivity index (χ3v) is 4.73. The van der Waals surface area contributed by atoms with E-state index in [1.165, 1.54) is 23.9 Å². The van der Waals surface area contributed by atoms with E-state index in [0.717, 1.165) is 0 Å². The predicted molar refractivity (Wildman–Crippen MR) is 82.9 cm³/mol. The molecule has 0 aromatic carbocycles. The zero-order valence-corrected chi connectivity index (χ0v) is 13.2. The molecule has 1 aromatic rings. The molecule has 2 amide bonds. The summed E-state index contributed by atoms with van der Waals surface area (Å²) < 4.78 is 12.5. The van der Waals surface area contributed by atoms with Gasteiger partial charge in [0, 0.05) is 19.2 Å². The Morgan fingerprint density at radius 1 is 1.54 bits per heavy atom. The Hall–Kier alpha value is -2.17. The summed E-state index contributed by atoms with van der Waals surface area (Å²) in [6, 6.07) is 0.246. The maximum absolute atomic E-state index is 12.0. The number of hydrogen-bond donors (Lipinski definition) is 4. The Morgan fingerprint density at radius 3 is 2.92 bits per heavy atom. The normalized spacial score (nSPS) is 35.4. The molecule has 1 aliphatic heterocycles. The van der Waals surface area contributed by atoms with E-state index in [-0.39, 0.29) is 17.8 Å². The molecule has 0 radical (unpaired) electrons. The highest BCUT2D eigenvalue weighted by molar-refractivity contribution is 5.72. The van der Waals surface area contributed by atoms with E-state index in [1.54, 1.807) is 0 Å². The largest absolute Gasteiger partial charge is 0.388 e. The highest BCUT2D eigenvalue weighted by Gasteiger charge is 2.52. The van der Waals surface area contributed by atoms with Gasteiger partial charge in [-0.05, 0) is 18.9 Å². The molecule has 2 aliphatic rings. The van der Waals surface area contributed by atoms with Crippen LogP contribution in [0.15, 0.2) is 17.1 Å². The van der Waals surface area contributed by atoms with Crippen LogP contribution in [0.3, 0.4) is 0 Å². The Kier molecular flexibility index (Phi) is 4.43. The number of fused-ring (bicyclic) bond motifs is 1. The number of hydrogen-bond acceptors (Lipinski definition) is 7. The van der Waals surface area contributed by atoms with Crippen LogP contribution in [0.25, 0.3) is 0 Å². The predicted octanol–water partition coefficient (Wildman–Crippen LogP) is -1.45. The van der Waals surface area contributed by atoms with Gasteiger partial charge in [0.1, 0.15) is 11.9 Å². The molecule has 10 nitrogen and oxygen atoms in total. The number of nitrogens with zero attached hydrogens (tertiary/aromatic N) is 2. The molecule has 3 rings (SSSR count). The van der Waals surface area contributed by atoms with Crippen molar-refractivity contribution in [2.45, 2.75) is 43.4 Å². The first-order valence-electron chi connectivity index (χ1n) is 7.69. The van der Waals surface area contributed by atoms with E-state index < -0.39 is 36.2 Å². The number of amides is 2. The molecular weight excluding hydrogens is 318 g/mol. The lowest BCUT2D eigenvalue weighted by atomic mass is 9.79. The van der Waals surface area contributed by atoms with E-state index >= 15 is 0 Å². The number of ether oxygens (including phenoxy) is 2. The number of nitrogens with one attached hydrogen (secondary N) is 1. The molecule has 6 atom stereocenters.